The molecule has 1 fully saturated rings. The van der Waals surface area contributed by atoms with Crippen LogP contribution in [0.15, 0.2) is 5.10 Å². The van der Waals surface area contributed by atoms with Crippen LogP contribution in [0.2, 0.25) is 0 Å². The van der Waals surface area contributed by atoms with Crippen molar-refractivity contribution in [1.82, 2.24) is 10.3 Å². The zero-order valence-corrected chi connectivity index (χ0v) is 9.75. The molecule has 1 N–H and O–H groups in total. The third-order valence-corrected chi connectivity index (χ3v) is 2.63. The number of piperidine rings is 1. The molecule has 4 nitrogen and oxygen atoms in total. The molecule has 0 atom stereocenters. The van der Waals surface area contributed by atoms with E-state index >= 15 is 0 Å². The maximum atomic E-state index is 10.7. The molecule has 0 aromatic rings. The van der Waals surface area contributed by atoms with Crippen molar-refractivity contribution in [3.8, 4) is 0 Å². The Bertz CT molecular complexity index is 228. The number of nitrogens with one attached hydrogen (secondary N) is 1. The van der Waals surface area contributed by atoms with Crippen molar-refractivity contribution in [3.05, 3.63) is 0 Å². The molecule has 0 radical (unpaired) electrons. The predicted molar refractivity (Wildman–Crippen MR) is 61.8 cm³/mol. The maximum Gasteiger partial charge on any atom is 0.236 e. The quantitative estimate of drug-likeness (QED) is 0.714. The standard InChI is InChI=1S/C11H21N3O/c1-3-4-7-14-8-5-11(6-9-14)13-12-10(2)15/h3-9H2,1-2H3,(H,12,15). The molecule has 0 spiro atoms. The molecule has 0 unspecified atom stereocenters. The lowest BCUT2D eigenvalue weighted by Crippen LogP contribution is -2.35. The lowest BCUT2D eigenvalue weighted by Gasteiger charge is -2.27. The summed E-state index contributed by atoms with van der Waals surface area (Å²) in [5, 5.41) is 4.09. The van der Waals surface area contributed by atoms with Gasteiger partial charge >= 0.3 is 0 Å². The first-order valence-corrected chi connectivity index (χ1v) is 5.76. The number of unbranched alkanes of at least 4 members (excludes halogenated alkanes) is 1. The second-order valence-corrected chi connectivity index (χ2v) is 4.04. The fraction of sp³-hybridized carbons (Fsp3) is 0.818. The maximum absolute atomic E-state index is 10.7. The summed E-state index contributed by atoms with van der Waals surface area (Å²) in [4.78, 5) is 13.1. The summed E-state index contributed by atoms with van der Waals surface area (Å²) < 4.78 is 0. The molecule has 1 aliphatic rings. The van der Waals surface area contributed by atoms with Crippen LogP contribution < -0.4 is 5.43 Å². The van der Waals surface area contributed by atoms with Gasteiger partial charge < -0.3 is 4.90 Å². The Kier molecular flexibility index (Phi) is 5.32. The molecule has 86 valence electrons. The Morgan fingerprint density at radius 1 is 1.47 bits per heavy atom. The number of amides is 1. The summed E-state index contributed by atoms with van der Waals surface area (Å²) in [5.41, 5.74) is 3.63. The minimum Gasteiger partial charge on any atom is -0.303 e. The molecule has 0 saturated carbocycles. The highest BCUT2D eigenvalue weighted by Gasteiger charge is 2.14. The molecular weight excluding hydrogens is 190 g/mol. The van der Waals surface area contributed by atoms with Gasteiger partial charge in [0.15, 0.2) is 0 Å². The van der Waals surface area contributed by atoms with Gasteiger partial charge in [0, 0.05) is 38.6 Å². The molecule has 0 bridgehead atoms. The van der Waals surface area contributed by atoms with Crippen LogP contribution >= 0.6 is 0 Å². The van der Waals surface area contributed by atoms with Crippen LogP contribution in [-0.2, 0) is 4.79 Å². The summed E-state index contributed by atoms with van der Waals surface area (Å²) in [6, 6.07) is 0. The van der Waals surface area contributed by atoms with Crippen LogP contribution in [0.1, 0.15) is 39.5 Å². The second kappa shape index (κ2) is 6.56. The zero-order chi connectivity index (χ0) is 11.1. The normalized spacial score (nSPS) is 17.6. The van der Waals surface area contributed by atoms with Gasteiger partial charge in [-0.2, -0.15) is 5.10 Å². The Balaban J connectivity index is 2.23. The molecule has 0 aliphatic carbocycles. The van der Waals surface area contributed by atoms with Crippen molar-refractivity contribution < 1.29 is 4.79 Å². The largest absolute Gasteiger partial charge is 0.303 e. The van der Waals surface area contributed by atoms with Gasteiger partial charge in [-0.1, -0.05) is 13.3 Å². The molecule has 0 aromatic carbocycles. The number of nitrogens with zero attached hydrogens (tertiary/aromatic N) is 2. The van der Waals surface area contributed by atoms with E-state index in [1.165, 1.54) is 26.3 Å². The van der Waals surface area contributed by atoms with E-state index in [0.717, 1.165) is 31.6 Å². The van der Waals surface area contributed by atoms with Crippen molar-refractivity contribution in [2.75, 3.05) is 19.6 Å². The van der Waals surface area contributed by atoms with Gasteiger partial charge in [0.1, 0.15) is 0 Å². The summed E-state index contributed by atoms with van der Waals surface area (Å²) in [6.07, 6.45) is 4.51. The van der Waals surface area contributed by atoms with E-state index in [2.05, 4.69) is 22.4 Å². The molecule has 1 aliphatic heterocycles. The predicted octanol–water partition coefficient (Wildman–Crippen LogP) is 1.37. The van der Waals surface area contributed by atoms with Crippen LogP contribution in [0.25, 0.3) is 0 Å². The number of hydrogen-bond acceptors (Lipinski definition) is 3. The monoisotopic (exact) mass is 211 g/mol. The third kappa shape index (κ3) is 4.93. The Morgan fingerprint density at radius 2 is 2.13 bits per heavy atom. The first-order valence-electron chi connectivity index (χ1n) is 5.76. The van der Waals surface area contributed by atoms with E-state index in [1.807, 2.05) is 0 Å². The van der Waals surface area contributed by atoms with Crippen LogP contribution in [0.3, 0.4) is 0 Å². The van der Waals surface area contributed by atoms with E-state index in [1.54, 1.807) is 0 Å². The van der Waals surface area contributed by atoms with Crippen LogP contribution in [-0.4, -0.2) is 36.2 Å². The van der Waals surface area contributed by atoms with Gasteiger partial charge in [0.2, 0.25) is 5.91 Å². The van der Waals surface area contributed by atoms with Gasteiger partial charge in [-0.05, 0) is 13.0 Å². The Morgan fingerprint density at radius 3 is 2.67 bits per heavy atom. The smallest absolute Gasteiger partial charge is 0.236 e. The highest BCUT2D eigenvalue weighted by molar-refractivity contribution is 5.86. The van der Waals surface area contributed by atoms with Crippen molar-refractivity contribution in [2.24, 2.45) is 5.10 Å². The molecule has 15 heavy (non-hydrogen) atoms. The van der Waals surface area contributed by atoms with Crippen molar-refractivity contribution in [2.45, 2.75) is 39.5 Å². The topological polar surface area (TPSA) is 44.7 Å². The van der Waals surface area contributed by atoms with E-state index in [4.69, 9.17) is 0 Å². The number of likely N-dealkylation sites (tertiary alicyclic amines) is 1. The van der Waals surface area contributed by atoms with Gasteiger partial charge in [-0.3, -0.25) is 4.79 Å². The average molecular weight is 211 g/mol. The summed E-state index contributed by atoms with van der Waals surface area (Å²) in [6.45, 7) is 7.06. The summed E-state index contributed by atoms with van der Waals surface area (Å²) >= 11 is 0. The first kappa shape index (κ1) is 12.2. The molecule has 4 heteroatoms. The lowest BCUT2D eigenvalue weighted by atomic mass is 10.1. The van der Waals surface area contributed by atoms with E-state index in [-0.39, 0.29) is 5.91 Å². The molecule has 1 saturated heterocycles. The SMILES string of the molecule is CCCCN1CCC(=NNC(C)=O)CC1. The fourth-order valence-electron chi connectivity index (χ4n) is 1.69. The van der Waals surface area contributed by atoms with Crippen LogP contribution in [0, 0.1) is 0 Å². The Labute approximate surface area is 91.7 Å². The van der Waals surface area contributed by atoms with Crippen molar-refractivity contribution >= 4 is 11.6 Å². The van der Waals surface area contributed by atoms with Gasteiger partial charge in [0.05, 0.1) is 0 Å². The summed E-state index contributed by atoms with van der Waals surface area (Å²) in [7, 11) is 0. The van der Waals surface area contributed by atoms with Crippen LogP contribution in [0.5, 0.6) is 0 Å². The van der Waals surface area contributed by atoms with Gasteiger partial charge in [0.25, 0.3) is 0 Å². The van der Waals surface area contributed by atoms with E-state index in [9.17, 15) is 4.79 Å². The number of hydrogen-bond donors (Lipinski definition) is 1. The molecule has 1 amide bonds. The number of carbonyl (C=O) groups excluding carboxylic acids is 1. The highest BCUT2D eigenvalue weighted by atomic mass is 16.2. The minimum absolute atomic E-state index is 0.0871. The molecular formula is C11H21N3O. The van der Waals surface area contributed by atoms with Gasteiger partial charge in [-0.15, -0.1) is 0 Å². The average Bonchev–Trinajstić information content (AvgIpc) is 2.25. The molecule has 0 aromatic heterocycles. The molecule has 1 rings (SSSR count). The third-order valence-electron chi connectivity index (χ3n) is 2.63. The lowest BCUT2D eigenvalue weighted by molar-refractivity contribution is -0.118. The van der Waals surface area contributed by atoms with Crippen LogP contribution in [0.4, 0.5) is 0 Å². The van der Waals surface area contributed by atoms with E-state index in [0.29, 0.717) is 0 Å². The van der Waals surface area contributed by atoms with E-state index < -0.39 is 0 Å². The number of carbonyl (C=O) groups is 1. The molecule has 1 heterocycles. The first-order chi connectivity index (χ1) is 7.22. The van der Waals surface area contributed by atoms with Crippen molar-refractivity contribution in [3.63, 3.8) is 0 Å². The fourth-order valence-corrected chi connectivity index (χ4v) is 1.69. The second-order valence-electron chi connectivity index (χ2n) is 4.04. The zero-order valence-electron chi connectivity index (χ0n) is 9.75. The van der Waals surface area contributed by atoms with Gasteiger partial charge in [-0.25, -0.2) is 5.43 Å². The number of hydrazone groups is 1. The highest BCUT2D eigenvalue weighted by Crippen LogP contribution is 2.07. The van der Waals surface area contributed by atoms with Crippen molar-refractivity contribution in [1.29, 1.82) is 0 Å². The Hall–Kier alpha value is -0.900. The summed E-state index contributed by atoms with van der Waals surface area (Å²) in [5.74, 6) is -0.0871. The number of rotatable bonds is 4. The minimum atomic E-state index is -0.0871.